The number of halogens is 2. The van der Waals surface area contributed by atoms with Crippen LogP contribution in [0.3, 0.4) is 0 Å². The minimum Gasteiger partial charge on any atom is -0.355 e. The molecule has 1 fully saturated rings. The quantitative estimate of drug-likeness (QED) is 0.934. The van der Waals surface area contributed by atoms with Crippen LogP contribution in [-0.2, 0) is 0 Å². The molecule has 0 aliphatic carbocycles. The summed E-state index contributed by atoms with van der Waals surface area (Å²) in [5.74, 6) is -1.28. The molecule has 3 rings (SSSR count). The Morgan fingerprint density at radius 1 is 1.21 bits per heavy atom. The maximum Gasteiger partial charge on any atom is 0.257 e. The predicted molar refractivity (Wildman–Crippen MR) is 85.7 cm³/mol. The largest absolute Gasteiger partial charge is 0.355 e. The lowest BCUT2D eigenvalue weighted by molar-refractivity contribution is 0.0936. The zero-order valence-corrected chi connectivity index (χ0v) is 13.1. The fourth-order valence-corrected chi connectivity index (χ4v) is 2.86. The van der Waals surface area contributed by atoms with Crippen molar-refractivity contribution in [2.75, 3.05) is 24.5 Å². The summed E-state index contributed by atoms with van der Waals surface area (Å²) in [5, 5.41) is 2.64. The van der Waals surface area contributed by atoms with E-state index in [-0.39, 0.29) is 5.92 Å². The molecule has 1 aromatic heterocycles. The van der Waals surface area contributed by atoms with E-state index < -0.39 is 23.1 Å². The Bertz CT molecular complexity index is 683. The summed E-state index contributed by atoms with van der Waals surface area (Å²) in [6, 6.07) is 3.40. The molecule has 1 amide bonds. The molecule has 1 N–H and O–H groups in total. The van der Waals surface area contributed by atoms with E-state index in [9.17, 15) is 13.6 Å². The topological polar surface area (TPSA) is 58.1 Å². The summed E-state index contributed by atoms with van der Waals surface area (Å²) >= 11 is 0. The molecule has 2 heterocycles. The van der Waals surface area contributed by atoms with E-state index in [1.807, 2.05) is 0 Å². The van der Waals surface area contributed by atoms with Gasteiger partial charge in [0.05, 0.1) is 6.20 Å². The number of anilines is 1. The Hall–Kier alpha value is -2.57. The molecule has 7 heteroatoms. The number of rotatable bonds is 4. The summed E-state index contributed by atoms with van der Waals surface area (Å²) < 4.78 is 27.2. The number of amides is 1. The highest BCUT2D eigenvalue weighted by molar-refractivity contribution is 5.94. The van der Waals surface area contributed by atoms with Crippen LogP contribution in [0.15, 0.2) is 36.8 Å². The Morgan fingerprint density at radius 3 is 2.54 bits per heavy atom. The first-order chi connectivity index (χ1) is 11.6. The molecule has 24 heavy (non-hydrogen) atoms. The van der Waals surface area contributed by atoms with Crippen molar-refractivity contribution in [2.24, 2.45) is 5.92 Å². The lowest BCUT2D eigenvalue weighted by Crippen LogP contribution is -2.39. The monoisotopic (exact) mass is 332 g/mol. The van der Waals surface area contributed by atoms with Crippen molar-refractivity contribution in [3.8, 4) is 0 Å². The molecule has 2 aromatic rings. The first-order valence-corrected chi connectivity index (χ1v) is 7.88. The number of hydrogen-bond donors (Lipinski definition) is 1. The molecule has 1 aliphatic rings. The third kappa shape index (κ3) is 3.67. The fraction of sp³-hybridized carbons (Fsp3) is 0.353. The van der Waals surface area contributed by atoms with Crippen molar-refractivity contribution in [3.05, 3.63) is 54.0 Å². The fourth-order valence-electron chi connectivity index (χ4n) is 2.86. The van der Waals surface area contributed by atoms with E-state index in [0.717, 1.165) is 43.9 Å². The van der Waals surface area contributed by atoms with Crippen LogP contribution in [0.1, 0.15) is 23.2 Å². The third-order valence-corrected chi connectivity index (χ3v) is 4.23. The molecule has 0 saturated carbocycles. The highest BCUT2D eigenvalue weighted by Gasteiger charge is 2.22. The Balaban J connectivity index is 1.51. The molecule has 0 atom stereocenters. The highest BCUT2D eigenvalue weighted by atomic mass is 19.1. The second-order valence-corrected chi connectivity index (χ2v) is 5.80. The van der Waals surface area contributed by atoms with Crippen molar-refractivity contribution >= 4 is 11.7 Å². The summed E-state index contributed by atoms with van der Waals surface area (Å²) in [6.45, 7) is 2.03. The zero-order valence-electron chi connectivity index (χ0n) is 13.1. The Morgan fingerprint density at radius 2 is 1.92 bits per heavy atom. The van der Waals surface area contributed by atoms with Crippen LogP contribution >= 0.6 is 0 Å². The number of nitrogens with one attached hydrogen (secondary N) is 1. The van der Waals surface area contributed by atoms with Gasteiger partial charge < -0.3 is 10.2 Å². The van der Waals surface area contributed by atoms with Crippen molar-refractivity contribution in [1.29, 1.82) is 0 Å². The van der Waals surface area contributed by atoms with E-state index in [2.05, 4.69) is 20.2 Å². The zero-order chi connectivity index (χ0) is 16.9. The average molecular weight is 332 g/mol. The normalized spacial score (nSPS) is 15.3. The summed E-state index contributed by atoms with van der Waals surface area (Å²) in [5.41, 5.74) is -0.519. The van der Waals surface area contributed by atoms with Crippen LogP contribution in [0.25, 0.3) is 0 Å². The van der Waals surface area contributed by atoms with Crippen LogP contribution in [0, 0.1) is 17.6 Å². The van der Waals surface area contributed by atoms with Crippen LogP contribution in [0.5, 0.6) is 0 Å². The Kier molecular flexibility index (Phi) is 4.98. The summed E-state index contributed by atoms with van der Waals surface area (Å²) in [4.78, 5) is 22.5. The summed E-state index contributed by atoms with van der Waals surface area (Å²) in [7, 11) is 0. The summed E-state index contributed by atoms with van der Waals surface area (Å²) in [6.07, 6.45) is 6.76. The second-order valence-electron chi connectivity index (χ2n) is 5.80. The maximum absolute atomic E-state index is 13.6. The van der Waals surface area contributed by atoms with Crippen molar-refractivity contribution in [2.45, 2.75) is 12.8 Å². The lowest BCUT2D eigenvalue weighted by atomic mass is 9.96. The van der Waals surface area contributed by atoms with Gasteiger partial charge in [-0.2, -0.15) is 0 Å². The smallest absolute Gasteiger partial charge is 0.257 e. The molecular weight excluding hydrogens is 314 g/mol. The lowest BCUT2D eigenvalue weighted by Gasteiger charge is -2.32. The van der Waals surface area contributed by atoms with E-state index in [0.29, 0.717) is 6.54 Å². The van der Waals surface area contributed by atoms with Gasteiger partial charge in [-0.25, -0.2) is 13.8 Å². The molecule has 0 spiro atoms. The van der Waals surface area contributed by atoms with Gasteiger partial charge in [-0.05, 0) is 30.9 Å². The second kappa shape index (κ2) is 7.33. The number of carbonyl (C=O) groups is 1. The first-order valence-electron chi connectivity index (χ1n) is 7.88. The minimum absolute atomic E-state index is 0.275. The molecule has 126 valence electrons. The van der Waals surface area contributed by atoms with E-state index in [1.54, 1.807) is 18.6 Å². The van der Waals surface area contributed by atoms with Gasteiger partial charge in [0, 0.05) is 32.0 Å². The van der Waals surface area contributed by atoms with Gasteiger partial charge >= 0.3 is 0 Å². The van der Waals surface area contributed by atoms with Crippen molar-refractivity contribution in [1.82, 2.24) is 15.3 Å². The van der Waals surface area contributed by atoms with Crippen LogP contribution in [0.4, 0.5) is 14.6 Å². The van der Waals surface area contributed by atoms with E-state index in [1.165, 1.54) is 6.07 Å². The number of hydrogen-bond acceptors (Lipinski definition) is 4. The van der Waals surface area contributed by atoms with Gasteiger partial charge in [0.15, 0.2) is 0 Å². The van der Waals surface area contributed by atoms with Gasteiger partial charge in [-0.3, -0.25) is 9.78 Å². The third-order valence-electron chi connectivity index (χ3n) is 4.23. The van der Waals surface area contributed by atoms with Crippen LogP contribution in [-0.4, -0.2) is 35.5 Å². The number of benzene rings is 1. The van der Waals surface area contributed by atoms with Crippen LogP contribution in [0.2, 0.25) is 0 Å². The van der Waals surface area contributed by atoms with Crippen LogP contribution < -0.4 is 10.2 Å². The predicted octanol–water partition coefficient (Wildman–Crippen LogP) is 2.40. The number of aromatic nitrogens is 2. The molecular formula is C17H18F2N4O. The molecule has 1 aromatic carbocycles. The van der Waals surface area contributed by atoms with Crippen molar-refractivity contribution < 1.29 is 13.6 Å². The van der Waals surface area contributed by atoms with Gasteiger partial charge in [-0.15, -0.1) is 0 Å². The molecule has 5 nitrogen and oxygen atoms in total. The van der Waals surface area contributed by atoms with Crippen molar-refractivity contribution in [3.63, 3.8) is 0 Å². The maximum atomic E-state index is 13.6. The van der Waals surface area contributed by atoms with Gasteiger partial charge in [0.25, 0.3) is 5.91 Å². The molecule has 1 saturated heterocycles. The molecule has 0 bridgehead atoms. The van der Waals surface area contributed by atoms with Gasteiger partial charge in [0.2, 0.25) is 0 Å². The first kappa shape index (κ1) is 16.3. The van der Waals surface area contributed by atoms with E-state index in [4.69, 9.17) is 0 Å². The highest BCUT2D eigenvalue weighted by Crippen LogP contribution is 2.21. The number of nitrogens with zero attached hydrogens (tertiary/aromatic N) is 3. The van der Waals surface area contributed by atoms with E-state index >= 15 is 0 Å². The standard InChI is InChI=1S/C17H18F2N4O/c18-13-2-1-3-14(19)16(13)17(24)22-10-12-4-8-23(9-5-12)15-11-20-6-7-21-15/h1-3,6-7,11-12H,4-5,8-10H2,(H,22,24). The molecule has 1 aliphatic heterocycles. The molecule has 0 unspecified atom stereocenters. The average Bonchev–Trinajstić information content (AvgIpc) is 2.61. The molecule has 0 radical (unpaired) electrons. The SMILES string of the molecule is O=C(NCC1CCN(c2cnccn2)CC1)c1c(F)cccc1F. The van der Waals surface area contributed by atoms with Gasteiger partial charge in [-0.1, -0.05) is 6.07 Å². The number of piperidine rings is 1. The Labute approximate surface area is 138 Å². The van der Waals surface area contributed by atoms with Gasteiger partial charge in [0.1, 0.15) is 23.0 Å². The number of carbonyl (C=O) groups excluding carboxylic acids is 1. The minimum atomic E-state index is -0.843.